The molecule has 0 fully saturated rings. The van der Waals surface area contributed by atoms with Gasteiger partial charge >= 0.3 is 0 Å². The van der Waals surface area contributed by atoms with Gasteiger partial charge in [0, 0.05) is 18.4 Å². The summed E-state index contributed by atoms with van der Waals surface area (Å²) in [6, 6.07) is 17.8. The summed E-state index contributed by atoms with van der Waals surface area (Å²) in [5, 5.41) is 13.8. The van der Waals surface area contributed by atoms with E-state index < -0.39 is 0 Å². The summed E-state index contributed by atoms with van der Waals surface area (Å²) < 4.78 is 12.7. The standard InChI is InChI=1S/C23H20Br2N4O2/c1-15-8-18(14-30-2)19(11-26)23(28-15)29-27-12-17-9-20(24)22(21(25)10-17)31-13-16-6-4-3-5-7-16/h3-10,12H,13-14H2,1-2H3,(H,28,29)/b27-12+. The van der Waals surface area contributed by atoms with E-state index >= 15 is 0 Å². The number of nitrogens with one attached hydrogen (secondary N) is 1. The minimum atomic E-state index is 0.328. The molecule has 8 heteroatoms. The molecule has 158 valence electrons. The Labute approximate surface area is 198 Å². The Morgan fingerprint density at radius 1 is 1.13 bits per heavy atom. The highest BCUT2D eigenvalue weighted by molar-refractivity contribution is 9.11. The molecule has 1 heterocycles. The first kappa shape index (κ1) is 22.9. The number of pyridine rings is 1. The summed E-state index contributed by atoms with van der Waals surface area (Å²) in [5.74, 6) is 1.11. The van der Waals surface area contributed by atoms with Crippen LogP contribution in [0.15, 0.2) is 62.6 Å². The van der Waals surface area contributed by atoms with Gasteiger partial charge in [-0.1, -0.05) is 30.3 Å². The van der Waals surface area contributed by atoms with E-state index in [4.69, 9.17) is 9.47 Å². The van der Waals surface area contributed by atoms with Crippen molar-refractivity contribution in [2.24, 2.45) is 5.10 Å². The van der Waals surface area contributed by atoms with Crippen molar-refractivity contribution < 1.29 is 9.47 Å². The van der Waals surface area contributed by atoms with Gasteiger partial charge < -0.3 is 9.47 Å². The van der Waals surface area contributed by atoms with E-state index in [-0.39, 0.29) is 0 Å². The lowest BCUT2D eigenvalue weighted by Crippen LogP contribution is -2.03. The van der Waals surface area contributed by atoms with Crippen molar-refractivity contribution in [3.8, 4) is 11.8 Å². The molecule has 6 nitrogen and oxygen atoms in total. The predicted molar refractivity (Wildman–Crippen MR) is 128 cm³/mol. The average molecular weight is 544 g/mol. The van der Waals surface area contributed by atoms with Gasteiger partial charge in [-0.25, -0.2) is 4.98 Å². The summed E-state index contributed by atoms with van der Waals surface area (Å²) in [6.07, 6.45) is 1.65. The number of benzene rings is 2. The van der Waals surface area contributed by atoms with E-state index in [1.165, 1.54) is 0 Å². The van der Waals surface area contributed by atoms with Crippen LogP contribution in [0.2, 0.25) is 0 Å². The molecule has 0 amide bonds. The molecule has 0 spiro atoms. The first-order valence-electron chi connectivity index (χ1n) is 9.36. The van der Waals surface area contributed by atoms with Crippen molar-refractivity contribution in [2.45, 2.75) is 20.1 Å². The fourth-order valence-corrected chi connectivity index (χ4v) is 4.36. The van der Waals surface area contributed by atoms with Crippen LogP contribution < -0.4 is 10.2 Å². The summed E-state index contributed by atoms with van der Waals surface area (Å²) in [7, 11) is 1.59. The minimum Gasteiger partial charge on any atom is -0.487 e. The van der Waals surface area contributed by atoms with Crippen LogP contribution in [0.4, 0.5) is 5.82 Å². The summed E-state index contributed by atoms with van der Waals surface area (Å²) >= 11 is 7.12. The third kappa shape index (κ3) is 6.14. The van der Waals surface area contributed by atoms with Gasteiger partial charge in [0.05, 0.1) is 21.8 Å². The van der Waals surface area contributed by atoms with Crippen LogP contribution >= 0.6 is 31.9 Å². The highest BCUT2D eigenvalue weighted by Crippen LogP contribution is 2.35. The number of aryl methyl sites for hydroxylation is 1. The lowest BCUT2D eigenvalue weighted by molar-refractivity contribution is 0.184. The van der Waals surface area contributed by atoms with Crippen LogP contribution in [0.25, 0.3) is 0 Å². The molecule has 3 rings (SSSR count). The number of hydrogen-bond donors (Lipinski definition) is 1. The van der Waals surface area contributed by atoms with Crippen LogP contribution in [-0.2, 0) is 18.0 Å². The van der Waals surface area contributed by atoms with E-state index in [0.29, 0.717) is 30.3 Å². The third-order valence-electron chi connectivity index (χ3n) is 4.27. The Balaban J connectivity index is 1.74. The Morgan fingerprint density at radius 2 is 1.84 bits per heavy atom. The van der Waals surface area contributed by atoms with Crippen LogP contribution in [0.1, 0.15) is 27.9 Å². The Bertz CT molecular complexity index is 1110. The van der Waals surface area contributed by atoms with Gasteiger partial charge in [-0.15, -0.1) is 0 Å². The van der Waals surface area contributed by atoms with E-state index in [9.17, 15) is 5.26 Å². The van der Waals surface area contributed by atoms with Gasteiger partial charge in [0.15, 0.2) is 5.82 Å². The predicted octanol–water partition coefficient (Wildman–Crippen LogP) is 5.96. The normalized spacial score (nSPS) is 10.8. The number of nitrogens with zero attached hydrogens (tertiary/aromatic N) is 3. The zero-order chi connectivity index (χ0) is 22.2. The van der Waals surface area contributed by atoms with E-state index in [0.717, 1.165) is 31.3 Å². The number of rotatable bonds is 8. The average Bonchev–Trinajstić information content (AvgIpc) is 2.74. The highest BCUT2D eigenvalue weighted by atomic mass is 79.9. The Morgan fingerprint density at radius 3 is 2.48 bits per heavy atom. The lowest BCUT2D eigenvalue weighted by atomic mass is 10.1. The summed E-state index contributed by atoms with van der Waals surface area (Å²) in [4.78, 5) is 4.38. The SMILES string of the molecule is COCc1cc(C)nc(N/N=C/c2cc(Br)c(OCc3ccccc3)c(Br)c2)c1C#N. The minimum absolute atomic E-state index is 0.328. The molecule has 0 aliphatic heterocycles. The van der Waals surface area contributed by atoms with Crippen molar-refractivity contribution in [3.63, 3.8) is 0 Å². The van der Waals surface area contributed by atoms with Crippen molar-refractivity contribution in [1.29, 1.82) is 5.26 Å². The zero-order valence-electron chi connectivity index (χ0n) is 17.0. The maximum atomic E-state index is 9.51. The third-order valence-corrected chi connectivity index (χ3v) is 5.45. The van der Waals surface area contributed by atoms with Gasteiger partial charge in [0.25, 0.3) is 0 Å². The van der Waals surface area contributed by atoms with Gasteiger partial charge in [0.2, 0.25) is 0 Å². The van der Waals surface area contributed by atoms with Crippen LogP contribution in [0, 0.1) is 18.3 Å². The van der Waals surface area contributed by atoms with Crippen LogP contribution in [-0.4, -0.2) is 18.3 Å². The molecule has 1 N–H and O–H groups in total. The smallest absolute Gasteiger partial charge is 0.164 e. The molecule has 0 radical (unpaired) electrons. The fourth-order valence-electron chi connectivity index (χ4n) is 2.91. The number of hydrazone groups is 1. The molecular weight excluding hydrogens is 524 g/mol. The van der Waals surface area contributed by atoms with Crippen LogP contribution in [0.3, 0.4) is 0 Å². The molecule has 0 saturated carbocycles. The van der Waals surface area contributed by atoms with E-state index in [1.807, 2.05) is 55.5 Å². The van der Waals surface area contributed by atoms with Crippen molar-refractivity contribution in [2.75, 3.05) is 12.5 Å². The maximum Gasteiger partial charge on any atom is 0.164 e. The van der Waals surface area contributed by atoms with Crippen molar-refractivity contribution in [3.05, 3.63) is 85.4 Å². The van der Waals surface area contributed by atoms with Gasteiger partial charge in [0.1, 0.15) is 24.0 Å². The molecule has 0 aliphatic carbocycles. The van der Waals surface area contributed by atoms with Gasteiger partial charge in [-0.2, -0.15) is 10.4 Å². The number of aromatic nitrogens is 1. The van der Waals surface area contributed by atoms with Crippen molar-refractivity contribution in [1.82, 2.24) is 4.98 Å². The molecule has 0 saturated heterocycles. The molecule has 0 bridgehead atoms. The zero-order valence-corrected chi connectivity index (χ0v) is 20.2. The highest BCUT2D eigenvalue weighted by Gasteiger charge is 2.12. The first-order chi connectivity index (χ1) is 15.0. The first-order valence-corrected chi connectivity index (χ1v) is 10.9. The molecule has 1 aromatic heterocycles. The second-order valence-electron chi connectivity index (χ2n) is 6.65. The van der Waals surface area contributed by atoms with E-state index in [1.54, 1.807) is 13.3 Å². The Hall–Kier alpha value is -2.73. The number of anilines is 1. The molecule has 31 heavy (non-hydrogen) atoms. The summed E-state index contributed by atoms with van der Waals surface area (Å²) in [6.45, 7) is 2.65. The largest absolute Gasteiger partial charge is 0.487 e. The topological polar surface area (TPSA) is 79.5 Å². The van der Waals surface area contributed by atoms with E-state index in [2.05, 4.69) is 53.4 Å². The fraction of sp³-hybridized carbons (Fsp3) is 0.174. The van der Waals surface area contributed by atoms with Crippen LogP contribution in [0.5, 0.6) is 5.75 Å². The monoisotopic (exact) mass is 542 g/mol. The number of methoxy groups -OCH3 is 1. The quantitative estimate of drug-likeness (QED) is 0.280. The van der Waals surface area contributed by atoms with Gasteiger partial charge in [-0.05, 0) is 68.1 Å². The summed E-state index contributed by atoms with van der Waals surface area (Å²) in [5.41, 5.74) is 6.74. The van der Waals surface area contributed by atoms with Gasteiger partial charge in [-0.3, -0.25) is 5.43 Å². The number of ether oxygens (including phenoxy) is 2. The number of halogens is 2. The second kappa shape index (κ2) is 11.0. The molecule has 3 aromatic rings. The second-order valence-corrected chi connectivity index (χ2v) is 8.36. The lowest BCUT2D eigenvalue weighted by Gasteiger charge is -2.11. The molecule has 2 aromatic carbocycles. The molecule has 0 atom stereocenters. The maximum absolute atomic E-state index is 9.51. The molecule has 0 aliphatic rings. The number of nitriles is 1. The molecule has 0 unspecified atom stereocenters. The van der Waals surface area contributed by atoms with Crippen molar-refractivity contribution >= 4 is 43.9 Å². The molecular formula is C23H20Br2N4O2. The Kier molecular flexibility index (Phi) is 8.18. The number of hydrogen-bond acceptors (Lipinski definition) is 6.